The van der Waals surface area contributed by atoms with Crippen LogP contribution in [0.3, 0.4) is 0 Å². The average molecular weight is 297 g/mol. The van der Waals surface area contributed by atoms with Gasteiger partial charge in [0, 0.05) is 5.56 Å². The van der Waals surface area contributed by atoms with Gasteiger partial charge in [-0.3, -0.25) is 4.79 Å². The van der Waals surface area contributed by atoms with Crippen LogP contribution in [0.25, 0.3) is 5.69 Å². The van der Waals surface area contributed by atoms with Crippen molar-refractivity contribution in [1.29, 1.82) is 0 Å². The van der Waals surface area contributed by atoms with Crippen molar-refractivity contribution in [2.24, 2.45) is 0 Å². The summed E-state index contributed by atoms with van der Waals surface area (Å²) in [6.45, 7) is 1.88. The summed E-state index contributed by atoms with van der Waals surface area (Å²) in [6, 6.07) is 16.7. The second kappa shape index (κ2) is 5.54. The molecule has 0 fully saturated rings. The number of carbonyl (C=O) groups excluding carboxylic acids is 1. The van der Waals surface area contributed by atoms with E-state index in [0.29, 0.717) is 16.3 Å². The van der Waals surface area contributed by atoms with Gasteiger partial charge in [-0.25, -0.2) is 4.68 Å². The van der Waals surface area contributed by atoms with Crippen molar-refractivity contribution in [2.75, 3.05) is 0 Å². The number of nitrogens with zero attached hydrogens (tertiary/aromatic N) is 2. The summed E-state index contributed by atoms with van der Waals surface area (Å²) in [6.07, 6.45) is 1.62. The standard InChI is InChI=1S/C17H13ClN2O/c1-12-6-5-9-14(16(12)18)17(21)15-10-11-19-20(15)13-7-3-2-4-8-13/h2-11H,1H3. The molecule has 0 aliphatic heterocycles. The molecule has 0 unspecified atom stereocenters. The van der Waals surface area contributed by atoms with Crippen molar-refractivity contribution >= 4 is 17.4 Å². The Morgan fingerprint density at radius 2 is 1.81 bits per heavy atom. The minimum atomic E-state index is -0.134. The molecule has 0 saturated heterocycles. The van der Waals surface area contributed by atoms with Gasteiger partial charge >= 0.3 is 0 Å². The smallest absolute Gasteiger partial charge is 0.212 e. The molecule has 21 heavy (non-hydrogen) atoms. The number of benzene rings is 2. The van der Waals surface area contributed by atoms with E-state index in [1.165, 1.54) is 0 Å². The van der Waals surface area contributed by atoms with Crippen LogP contribution in [0.15, 0.2) is 60.8 Å². The lowest BCUT2D eigenvalue weighted by atomic mass is 10.1. The molecule has 104 valence electrons. The molecule has 0 atom stereocenters. The molecule has 0 saturated carbocycles. The molecule has 2 aromatic carbocycles. The van der Waals surface area contributed by atoms with Crippen LogP contribution in [0.4, 0.5) is 0 Å². The van der Waals surface area contributed by atoms with Gasteiger partial charge in [0.25, 0.3) is 0 Å². The molecular weight excluding hydrogens is 284 g/mol. The van der Waals surface area contributed by atoms with Crippen LogP contribution in [-0.2, 0) is 0 Å². The second-order valence-electron chi connectivity index (χ2n) is 4.73. The Morgan fingerprint density at radius 3 is 2.57 bits per heavy atom. The first-order valence-corrected chi connectivity index (χ1v) is 6.95. The summed E-state index contributed by atoms with van der Waals surface area (Å²) >= 11 is 6.25. The number of aryl methyl sites for hydroxylation is 1. The van der Waals surface area contributed by atoms with Crippen molar-refractivity contribution in [2.45, 2.75) is 6.92 Å². The monoisotopic (exact) mass is 296 g/mol. The Hall–Kier alpha value is -2.39. The zero-order valence-corrected chi connectivity index (χ0v) is 12.2. The van der Waals surface area contributed by atoms with E-state index < -0.39 is 0 Å². The molecule has 1 heterocycles. The molecule has 3 rings (SSSR count). The van der Waals surface area contributed by atoms with Gasteiger partial charge < -0.3 is 0 Å². The Balaban J connectivity index is 2.08. The molecule has 3 aromatic rings. The number of rotatable bonds is 3. The van der Waals surface area contributed by atoms with Crippen molar-refractivity contribution < 1.29 is 4.79 Å². The third-order valence-electron chi connectivity index (χ3n) is 3.31. The SMILES string of the molecule is Cc1cccc(C(=O)c2ccnn2-c2ccccc2)c1Cl. The van der Waals surface area contributed by atoms with Gasteiger partial charge in [-0.2, -0.15) is 5.10 Å². The minimum Gasteiger partial charge on any atom is -0.287 e. The summed E-state index contributed by atoms with van der Waals surface area (Å²) in [7, 11) is 0. The van der Waals surface area contributed by atoms with E-state index in [1.807, 2.05) is 49.4 Å². The largest absolute Gasteiger partial charge is 0.287 e. The fourth-order valence-corrected chi connectivity index (χ4v) is 2.42. The average Bonchev–Trinajstić information content (AvgIpc) is 3.00. The van der Waals surface area contributed by atoms with Crippen LogP contribution in [0.5, 0.6) is 0 Å². The maximum absolute atomic E-state index is 12.7. The fourth-order valence-electron chi connectivity index (χ4n) is 2.21. The maximum Gasteiger partial charge on any atom is 0.212 e. The van der Waals surface area contributed by atoms with E-state index >= 15 is 0 Å². The highest BCUT2D eigenvalue weighted by Crippen LogP contribution is 2.23. The van der Waals surface area contributed by atoms with Crippen molar-refractivity contribution in [3.8, 4) is 5.69 Å². The van der Waals surface area contributed by atoms with E-state index in [2.05, 4.69) is 5.10 Å². The number of aromatic nitrogens is 2. The number of hydrogen-bond donors (Lipinski definition) is 0. The molecule has 1 aromatic heterocycles. The quantitative estimate of drug-likeness (QED) is 0.683. The van der Waals surface area contributed by atoms with Gasteiger partial charge in [-0.05, 0) is 36.8 Å². The van der Waals surface area contributed by atoms with Gasteiger partial charge in [0.2, 0.25) is 5.78 Å². The Bertz CT molecular complexity index is 794. The van der Waals surface area contributed by atoms with Crippen LogP contribution in [0, 0.1) is 6.92 Å². The number of carbonyl (C=O) groups is 1. The van der Waals surface area contributed by atoms with Crippen LogP contribution < -0.4 is 0 Å². The molecule has 0 amide bonds. The Labute approximate surface area is 127 Å². The predicted molar refractivity (Wildman–Crippen MR) is 83.2 cm³/mol. The fraction of sp³-hybridized carbons (Fsp3) is 0.0588. The van der Waals surface area contributed by atoms with E-state index in [-0.39, 0.29) is 5.78 Å². The van der Waals surface area contributed by atoms with Crippen LogP contribution in [0.2, 0.25) is 5.02 Å². The third kappa shape index (κ3) is 2.48. The molecule has 0 radical (unpaired) electrons. The molecule has 0 aliphatic carbocycles. The summed E-state index contributed by atoms with van der Waals surface area (Å²) < 4.78 is 1.63. The predicted octanol–water partition coefficient (Wildman–Crippen LogP) is 4.07. The van der Waals surface area contributed by atoms with E-state index in [1.54, 1.807) is 23.0 Å². The van der Waals surface area contributed by atoms with E-state index in [0.717, 1.165) is 11.3 Å². The number of para-hydroxylation sites is 1. The molecule has 0 spiro atoms. The first kappa shape index (κ1) is 13.6. The summed E-state index contributed by atoms with van der Waals surface area (Å²) in [5.41, 5.74) is 2.71. The zero-order chi connectivity index (χ0) is 14.8. The first-order valence-electron chi connectivity index (χ1n) is 6.58. The lowest BCUT2D eigenvalue weighted by molar-refractivity contribution is 0.103. The van der Waals surface area contributed by atoms with Crippen LogP contribution in [-0.4, -0.2) is 15.6 Å². The number of halogens is 1. The lowest BCUT2D eigenvalue weighted by Crippen LogP contribution is -2.10. The second-order valence-corrected chi connectivity index (χ2v) is 5.11. The summed E-state index contributed by atoms with van der Waals surface area (Å²) in [4.78, 5) is 12.7. The number of ketones is 1. The highest BCUT2D eigenvalue weighted by atomic mass is 35.5. The summed E-state index contributed by atoms with van der Waals surface area (Å²) in [5.74, 6) is -0.134. The number of hydrogen-bond acceptors (Lipinski definition) is 2. The van der Waals surface area contributed by atoms with Crippen LogP contribution >= 0.6 is 11.6 Å². The minimum absolute atomic E-state index is 0.134. The topological polar surface area (TPSA) is 34.9 Å². The first-order chi connectivity index (χ1) is 10.2. The van der Waals surface area contributed by atoms with Gasteiger partial charge in [-0.1, -0.05) is 41.9 Å². The van der Waals surface area contributed by atoms with E-state index in [9.17, 15) is 4.79 Å². The van der Waals surface area contributed by atoms with Gasteiger partial charge in [-0.15, -0.1) is 0 Å². The molecule has 0 bridgehead atoms. The molecule has 3 nitrogen and oxygen atoms in total. The third-order valence-corrected chi connectivity index (χ3v) is 3.81. The van der Waals surface area contributed by atoms with Crippen molar-refractivity contribution in [1.82, 2.24) is 9.78 Å². The maximum atomic E-state index is 12.7. The normalized spacial score (nSPS) is 10.6. The summed E-state index contributed by atoms with van der Waals surface area (Å²) in [5, 5.41) is 4.73. The molecule has 4 heteroatoms. The van der Waals surface area contributed by atoms with Crippen molar-refractivity contribution in [3.05, 3.63) is 82.6 Å². The van der Waals surface area contributed by atoms with Gasteiger partial charge in [0.05, 0.1) is 16.9 Å². The Kier molecular flexibility index (Phi) is 3.59. The van der Waals surface area contributed by atoms with Crippen LogP contribution in [0.1, 0.15) is 21.6 Å². The molecule has 0 N–H and O–H groups in total. The Morgan fingerprint density at radius 1 is 1.05 bits per heavy atom. The van der Waals surface area contributed by atoms with E-state index in [4.69, 9.17) is 11.6 Å². The lowest BCUT2D eigenvalue weighted by Gasteiger charge is -2.09. The molecular formula is C17H13ClN2O. The van der Waals surface area contributed by atoms with Crippen molar-refractivity contribution in [3.63, 3.8) is 0 Å². The van der Waals surface area contributed by atoms with Gasteiger partial charge in [0.1, 0.15) is 5.69 Å². The van der Waals surface area contributed by atoms with Gasteiger partial charge in [0.15, 0.2) is 0 Å². The highest BCUT2D eigenvalue weighted by molar-refractivity contribution is 6.35. The zero-order valence-electron chi connectivity index (χ0n) is 11.5. The highest BCUT2D eigenvalue weighted by Gasteiger charge is 2.18. The molecule has 0 aliphatic rings.